The molecule has 11 heavy (non-hydrogen) atoms. The van der Waals surface area contributed by atoms with E-state index in [0.717, 1.165) is 11.3 Å². The van der Waals surface area contributed by atoms with E-state index in [1.165, 1.54) is 12.5 Å². The van der Waals surface area contributed by atoms with Crippen molar-refractivity contribution in [2.75, 3.05) is 0 Å². The van der Waals surface area contributed by atoms with Gasteiger partial charge in [0.05, 0.1) is 0 Å². The first-order valence-corrected chi connectivity index (χ1v) is 3.37. The summed E-state index contributed by atoms with van der Waals surface area (Å²) in [6, 6.07) is 6.83. The van der Waals surface area contributed by atoms with Crippen molar-refractivity contribution in [3.8, 4) is 11.5 Å². The Morgan fingerprint density at radius 1 is 1.18 bits per heavy atom. The summed E-state index contributed by atoms with van der Waals surface area (Å²) in [5.41, 5.74) is 1.04. The zero-order valence-electron chi connectivity index (χ0n) is 6.13. The summed E-state index contributed by atoms with van der Waals surface area (Å²) in [5.74, 6) is 1.38. The minimum atomic E-state index is 0.660. The van der Waals surface area contributed by atoms with Gasteiger partial charge in [-0.05, 0) is 18.6 Å². The first kappa shape index (κ1) is 6.28. The molecule has 55 valence electrons. The van der Waals surface area contributed by atoms with Crippen LogP contribution in [0.4, 0.5) is 0 Å². The molecule has 0 unspecified atom stereocenters. The van der Waals surface area contributed by atoms with Crippen LogP contribution >= 0.6 is 0 Å². The molecule has 1 aliphatic heterocycles. The molecular weight excluding hydrogens is 140 g/mol. The van der Waals surface area contributed by atoms with Gasteiger partial charge in [-0.2, -0.15) is 0 Å². The Morgan fingerprint density at radius 2 is 2.00 bits per heavy atom. The molecule has 0 saturated heterocycles. The first-order chi connectivity index (χ1) is 5.36. The second-order valence-corrected chi connectivity index (χ2v) is 2.34. The molecule has 0 aromatic heterocycles. The zero-order valence-corrected chi connectivity index (χ0v) is 6.13. The Morgan fingerprint density at radius 3 is 2.91 bits per heavy atom. The lowest BCUT2D eigenvalue weighted by molar-refractivity contribution is 0.361. The maximum Gasteiger partial charge on any atom is 0.177 e. The van der Waals surface area contributed by atoms with E-state index in [-0.39, 0.29) is 0 Å². The Kier molecular flexibility index (Phi) is 1.32. The third kappa shape index (κ3) is 1.07. The van der Waals surface area contributed by atoms with Gasteiger partial charge in [0.1, 0.15) is 12.5 Å². The van der Waals surface area contributed by atoms with Crippen LogP contribution < -0.4 is 9.47 Å². The molecule has 0 saturated carbocycles. The summed E-state index contributed by atoms with van der Waals surface area (Å²) in [7, 11) is 0. The van der Waals surface area contributed by atoms with Crippen LogP contribution in [0.25, 0.3) is 0 Å². The van der Waals surface area contributed by atoms with Gasteiger partial charge in [-0.3, -0.25) is 0 Å². The second-order valence-electron chi connectivity index (χ2n) is 2.34. The molecule has 0 atom stereocenters. The third-order valence-corrected chi connectivity index (χ3v) is 1.46. The van der Waals surface area contributed by atoms with Gasteiger partial charge in [-0.15, -0.1) is 0 Å². The minimum Gasteiger partial charge on any atom is -0.458 e. The first-order valence-electron chi connectivity index (χ1n) is 3.37. The molecule has 1 aromatic rings. The van der Waals surface area contributed by atoms with Crippen molar-refractivity contribution in [1.82, 2.24) is 0 Å². The molecule has 2 heteroatoms. The highest BCUT2D eigenvalue weighted by Crippen LogP contribution is 2.29. The molecule has 0 aliphatic carbocycles. The fourth-order valence-corrected chi connectivity index (χ4v) is 0.936. The van der Waals surface area contributed by atoms with Crippen LogP contribution in [0.3, 0.4) is 0 Å². The predicted molar refractivity (Wildman–Crippen MR) is 40.4 cm³/mol. The van der Waals surface area contributed by atoms with Crippen molar-refractivity contribution >= 4 is 0 Å². The lowest BCUT2D eigenvalue weighted by Gasteiger charge is -2.11. The number of hydrogen-bond donors (Lipinski definition) is 0. The molecule has 0 fully saturated rings. The molecule has 2 nitrogen and oxygen atoms in total. The van der Waals surface area contributed by atoms with E-state index in [9.17, 15) is 0 Å². The number of ether oxygens (including phenoxy) is 2. The second kappa shape index (κ2) is 2.31. The van der Waals surface area contributed by atoms with Crippen molar-refractivity contribution in [2.45, 2.75) is 6.92 Å². The zero-order chi connectivity index (χ0) is 7.68. The fourth-order valence-electron chi connectivity index (χ4n) is 0.936. The van der Waals surface area contributed by atoms with Gasteiger partial charge >= 0.3 is 0 Å². The van der Waals surface area contributed by atoms with Crippen molar-refractivity contribution in [3.63, 3.8) is 0 Å². The lowest BCUT2D eigenvalue weighted by Crippen LogP contribution is -1.96. The van der Waals surface area contributed by atoms with Crippen molar-refractivity contribution in [2.24, 2.45) is 0 Å². The average molecular weight is 147 g/mol. The average Bonchev–Trinajstić information content (AvgIpc) is 2.04. The quantitative estimate of drug-likeness (QED) is 0.559. The van der Waals surface area contributed by atoms with E-state index in [2.05, 4.69) is 6.07 Å². The molecule has 2 rings (SSSR count). The topological polar surface area (TPSA) is 18.5 Å². The van der Waals surface area contributed by atoms with Crippen LogP contribution in [0, 0.1) is 13.0 Å². The smallest absolute Gasteiger partial charge is 0.177 e. The minimum absolute atomic E-state index is 0.660. The SMILES string of the molecule is Cc1[c]c2c(cc1)OC=CO2. The summed E-state index contributed by atoms with van der Waals surface area (Å²) in [4.78, 5) is 0. The highest BCUT2D eigenvalue weighted by atomic mass is 16.5. The summed E-state index contributed by atoms with van der Waals surface area (Å²) < 4.78 is 10.3. The number of aryl methyl sites for hydroxylation is 1. The van der Waals surface area contributed by atoms with E-state index in [0.29, 0.717) is 5.75 Å². The molecule has 0 bridgehead atoms. The molecule has 1 heterocycles. The van der Waals surface area contributed by atoms with Gasteiger partial charge < -0.3 is 9.47 Å². The molecule has 0 amide bonds. The summed E-state index contributed by atoms with van der Waals surface area (Å²) in [6.45, 7) is 1.96. The van der Waals surface area contributed by atoms with Crippen LogP contribution in [0.15, 0.2) is 24.7 Å². The Bertz CT molecular complexity index is 302. The van der Waals surface area contributed by atoms with E-state index < -0.39 is 0 Å². The van der Waals surface area contributed by atoms with Gasteiger partial charge in [0, 0.05) is 6.07 Å². The Balaban J connectivity index is 2.48. The molecule has 0 N–H and O–H groups in total. The van der Waals surface area contributed by atoms with E-state index in [4.69, 9.17) is 9.47 Å². The van der Waals surface area contributed by atoms with Crippen LogP contribution in [-0.4, -0.2) is 0 Å². The van der Waals surface area contributed by atoms with Crippen LogP contribution in [0.1, 0.15) is 5.56 Å². The van der Waals surface area contributed by atoms with Gasteiger partial charge in [0.15, 0.2) is 11.5 Å². The van der Waals surface area contributed by atoms with Crippen molar-refractivity contribution in [1.29, 1.82) is 0 Å². The molecule has 1 aliphatic rings. The third-order valence-electron chi connectivity index (χ3n) is 1.46. The van der Waals surface area contributed by atoms with Gasteiger partial charge in [0.25, 0.3) is 0 Å². The highest BCUT2D eigenvalue weighted by molar-refractivity contribution is 5.43. The number of hydrogen-bond acceptors (Lipinski definition) is 2. The monoisotopic (exact) mass is 147 g/mol. The molecular formula is C9H7O2. The van der Waals surface area contributed by atoms with E-state index in [1.807, 2.05) is 19.1 Å². The van der Waals surface area contributed by atoms with E-state index in [1.54, 1.807) is 0 Å². The van der Waals surface area contributed by atoms with Crippen LogP contribution in [0.2, 0.25) is 0 Å². The maximum absolute atomic E-state index is 5.14. The summed E-state index contributed by atoms with van der Waals surface area (Å²) in [5, 5.41) is 0. The Hall–Kier alpha value is -1.44. The lowest BCUT2D eigenvalue weighted by atomic mass is 10.2. The normalized spacial score (nSPS) is 13.2. The predicted octanol–water partition coefficient (Wildman–Crippen LogP) is 2.04. The van der Waals surface area contributed by atoms with Gasteiger partial charge in [0.2, 0.25) is 0 Å². The molecule has 1 aromatic carbocycles. The largest absolute Gasteiger partial charge is 0.458 e. The van der Waals surface area contributed by atoms with E-state index >= 15 is 0 Å². The Labute approximate surface area is 65.1 Å². The number of fused-ring (bicyclic) bond motifs is 1. The fraction of sp³-hybridized carbons (Fsp3) is 0.111. The maximum atomic E-state index is 5.14. The van der Waals surface area contributed by atoms with Gasteiger partial charge in [-0.1, -0.05) is 6.07 Å². The summed E-state index contributed by atoms with van der Waals surface area (Å²) >= 11 is 0. The number of rotatable bonds is 0. The molecule has 0 spiro atoms. The standard InChI is InChI=1S/C9H7O2/c1-7-2-3-8-9(6-7)11-5-4-10-8/h2-5H,1H3. The summed E-state index contributed by atoms with van der Waals surface area (Å²) in [6.07, 6.45) is 3.00. The van der Waals surface area contributed by atoms with Crippen molar-refractivity contribution in [3.05, 3.63) is 36.3 Å². The van der Waals surface area contributed by atoms with Crippen LogP contribution in [0.5, 0.6) is 11.5 Å². The van der Waals surface area contributed by atoms with Crippen LogP contribution in [-0.2, 0) is 0 Å². The van der Waals surface area contributed by atoms with Crippen molar-refractivity contribution < 1.29 is 9.47 Å². The number of benzene rings is 1. The highest BCUT2D eigenvalue weighted by Gasteiger charge is 2.06. The van der Waals surface area contributed by atoms with Gasteiger partial charge in [-0.25, -0.2) is 0 Å². The molecule has 1 radical (unpaired) electrons.